The van der Waals surface area contributed by atoms with Crippen molar-refractivity contribution in [3.8, 4) is 11.5 Å². The Balaban J connectivity index is 2.08. The maximum absolute atomic E-state index is 12.0. The first-order valence-electron chi connectivity index (χ1n) is 6.75. The number of nitrogens with one attached hydrogen (secondary N) is 1. The minimum absolute atomic E-state index is 0.0405. The molecule has 0 heterocycles. The van der Waals surface area contributed by atoms with E-state index in [1.54, 1.807) is 18.2 Å². The lowest BCUT2D eigenvalue weighted by Gasteiger charge is -2.06. The predicted molar refractivity (Wildman–Crippen MR) is 90.8 cm³/mol. The quantitative estimate of drug-likeness (QED) is 0.633. The largest absolute Gasteiger partial charge is 0.504 e. The first-order chi connectivity index (χ1) is 11.0. The van der Waals surface area contributed by atoms with Crippen LogP contribution in [-0.2, 0) is 0 Å². The van der Waals surface area contributed by atoms with E-state index in [0.717, 1.165) is 0 Å². The van der Waals surface area contributed by atoms with Crippen LogP contribution in [0.1, 0.15) is 22.8 Å². The Bertz CT molecular complexity index is 748. The number of nitrogens with zero attached hydrogens (tertiary/aromatic N) is 1. The van der Waals surface area contributed by atoms with Crippen LogP contribution in [0, 0.1) is 0 Å². The van der Waals surface area contributed by atoms with E-state index in [9.17, 15) is 9.90 Å². The summed E-state index contributed by atoms with van der Waals surface area (Å²) in [7, 11) is 0. The molecule has 0 bridgehead atoms. The van der Waals surface area contributed by atoms with E-state index in [0.29, 0.717) is 22.9 Å². The van der Waals surface area contributed by atoms with E-state index in [-0.39, 0.29) is 16.3 Å². The molecule has 0 aliphatic carbocycles. The molecule has 0 spiro atoms. The Morgan fingerprint density at radius 1 is 1.30 bits per heavy atom. The highest BCUT2D eigenvalue weighted by molar-refractivity contribution is 6.35. The zero-order valence-electron chi connectivity index (χ0n) is 12.2. The minimum atomic E-state index is -0.474. The summed E-state index contributed by atoms with van der Waals surface area (Å²) in [4.78, 5) is 12.0. The van der Waals surface area contributed by atoms with Crippen molar-refractivity contribution in [2.75, 3.05) is 6.61 Å². The van der Waals surface area contributed by atoms with Crippen LogP contribution in [0.5, 0.6) is 11.5 Å². The molecule has 2 aromatic carbocycles. The molecule has 0 saturated carbocycles. The average Bonchev–Trinajstić information content (AvgIpc) is 2.53. The summed E-state index contributed by atoms with van der Waals surface area (Å²) in [5.74, 6) is -0.0861. The van der Waals surface area contributed by atoms with E-state index in [4.69, 9.17) is 27.9 Å². The van der Waals surface area contributed by atoms with Crippen LogP contribution in [0.2, 0.25) is 10.0 Å². The van der Waals surface area contributed by atoms with Gasteiger partial charge in [0.1, 0.15) is 0 Å². The van der Waals surface area contributed by atoms with Crippen molar-refractivity contribution in [2.45, 2.75) is 6.92 Å². The van der Waals surface area contributed by atoms with Crippen molar-refractivity contribution in [3.63, 3.8) is 0 Å². The van der Waals surface area contributed by atoms with Gasteiger partial charge >= 0.3 is 0 Å². The van der Waals surface area contributed by atoms with Gasteiger partial charge in [0.2, 0.25) is 0 Å². The van der Waals surface area contributed by atoms with Crippen molar-refractivity contribution >= 4 is 35.3 Å². The van der Waals surface area contributed by atoms with Crippen LogP contribution in [0.25, 0.3) is 0 Å². The van der Waals surface area contributed by atoms with E-state index < -0.39 is 5.91 Å². The maximum atomic E-state index is 12.0. The number of carbonyl (C=O) groups excluding carboxylic acids is 1. The molecular formula is C16H14Cl2N2O3. The van der Waals surface area contributed by atoms with Crippen LogP contribution in [0.4, 0.5) is 0 Å². The Morgan fingerprint density at radius 2 is 2.09 bits per heavy atom. The summed E-state index contributed by atoms with van der Waals surface area (Å²) >= 11 is 11.8. The Kier molecular flexibility index (Phi) is 5.84. The van der Waals surface area contributed by atoms with Crippen molar-refractivity contribution in [3.05, 3.63) is 57.6 Å². The van der Waals surface area contributed by atoms with Crippen molar-refractivity contribution in [1.82, 2.24) is 5.43 Å². The fraction of sp³-hybridized carbons (Fsp3) is 0.125. The van der Waals surface area contributed by atoms with Gasteiger partial charge in [-0.1, -0.05) is 23.2 Å². The predicted octanol–water partition coefficient (Wildman–Crippen LogP) is 3.86. The number of carbonyl (C=O) groups is 1. The van der Waals surface area contributed by atoms with Crippen LogP contribution >= 0.6 is 23.2 Å². The molecule has 0 radical (unpaired) electrons. The zero-order valence-corrected chi connectivity index (χ0v) is 13.7. The van der Waals surface area contributed by atoms with Crippen LogP contribution in [-0.4, -0.2) is 23.8 Å². The number of aromatic hydroxyl groups is 1. The molecule has 0 aromatic heterocycles. The number of rotatable bonds is 5. The third-order valence-corrected chi connectivity index (χ3v) is 3.40. The lowest BCUT2D eigenvalue weighted by atomic mass is 10.2. The average molecular weight is 353 g/mol. The normalized spacial score (nSPS) is 10.7. The van der Waals surface area contributed by atoms with E-state index >= 15 is 0 Å². The second kappa shape index (κ2) is 7.85. The molecule has 0 unspecified atom stereocenters. The van der Waals surface area contributed by atoms with Gasteiger partial charge in [-0.25, -0.2) is 5.43 Å². The Labute approximate surface area is 143 Å². The van der Waals surface area contributed by atoms with E-state index in [1.807, 2.05) is 6.92 Å². The minimum Gasteiger partial charge on any atom is -0.504 e. The van der Waals surface area contributed by atoms with Gasteiger partial charge in [0, 0.05) is 5.02 Å². The summed E-state index contributed by atoms with van der Waals surface area (Å²) in [5.41, 5.74) is 3.26. The number of amides is 1. The molecular weight excluding hydrogens is 339 g/mol. The second-order valence-electron chi connectivity index (χ2n) is 4.48. The summed E-state index contributed by atoms with van der Waals surface area (Å²) in [6, 6.07) is 9.33. The third kappa shape index (κ3) is 4.61. The van der Waals surface area contributed by atoms with Crippen molar-refractivity contribution in [1.29, 1.82) is 0 Å². The summed E-state index contributed by atoms with van der Waals surface area (Å²) in [5, 5.41) is 14.2. The molecule has 0 aliphatic rings. The SMILES string of the molecule is CCOc1cc(/C=N/NC(=O)c2cc(Cl)ccc2Cl)ccc1O. The molecule has 7 heteroatoms. The van der Waals surface area contributed by atoms with Crippen LogP contribution in [0.15, 0.2) is 41.5 Å². The Hall–Kier alpha value is -2.24. The number of benzene rings is 2. The van der Waals surface area contributed by atoms with Crippen LogP contribution in [0.3, 0.4) is 0 Å². The zero-order chi connectivity index (χ0) is 16.8. The lowest BCUT2D eigenvalue weighted by molar-refractivity contribution is 0.0955. The summed E-state index contributed by atoms with van der Waals surface area (Å²) in [6.07, 6.45) is 1.43. The number of phenolic OH excluding ortho intramolecular Hbond substituents is 1. The monoisotopic (exact) mass is 352 g/mol. The van der Waals surface area contributed by atoms with Gasteiger partial charge in [0.15, 0.2) is 11.5 Å². The van der Waals surface area contributed by atoms with E-state index in [2.05, 4.69) is 10.5 Å². The standard InChI is InChI=1S/C16H14Cl2N2O3/c1-2-23-15-7-10(3-6-14(15)21)9-19-20-16(22)12-8-11(17)4-5-13(12)18/h3-9,21H,2H2,1H3,(H,20,22)/b19-9+. The topological polar surface area (TPSA) is 70.9 Å². The smallest absolute Gasteiger partial charge is 0.272 e. The number of hydrazone groups is 1. The molecule has 1 amide bonds. The van der Waals surface area contributed by atoms with Gasteiger partial charge in [-0.15, -0.1) is 0 Å². The van der Waals surface area contributed by atoms with Gasteiger partial charge in [-0.2, -0.15) is 5.10 Å². The first-order valence-corrected chi connectivity index (χ1v) is 7.51. The molecule has 2 N–H and O–H groups in total. The van der Waals surface area contributed by atoms with Crippen LogP contribution < -0.4 is 10.2 Å². The second-order valence-corrected chi connectivity index (χ2v) is 5.33. The van der Waals surface area contributed by atoms with Gasteiger partial charge < -0.3 is 9.84 Å². The highest BCUT2D eigenvalue weighted by Gasteiger charge is 2.10. The fourth-order valence-corrected chi connectivity index (χ4v) is 2.15. The van der Waals surface area contributed by atoms with E-state index in [1.165, 1.54) is 24.4 Å². The molecule has 2 rings (SSSR count). The highest BCUT2D eigenvalue weighted by atomic mass is 35.5. The number of halogens is 2. The molecule has 0 saturated heterocycles. The highest BCUT2D eigenvalue weighted by Crippen LogP contribution is 2.26. The number of phenols is 1. The van der Waals surface area contributed by atoms with Gasteiger partial charge in [-0.3, -0.25) is 4.79 Å². The summed E-state index contributed by atoms with van der Waals surface area (Å²) in [6.45, 7) is 2.24. The van der Waals surface area contributed by atoms with Gasteiger partial charge in [0.25, 0.3) is 5.91 Å². The summed E-state index contributed by atoms with van der Waals surface area (Å²) < 4.78 is 5.27. The molecule has 23 heavy (non-hydrogen) atoms. The van der Waals surface area contributed by atoms with Gasteiger partial charge in [0.05, 0.1) is 23.4 Å². The fourth-order valence-electron chi connectivity index (χ4n) is 1.78. The molecule has 120 valence electrons. The first kappa shape index (κ1) is 17.1. The van der Waals surface area contributed by atoms with Gasteiger partial charge in [-0.05, 0) is 48.9 Å². The molecule has 2 aromatic rings. The molecule has 5 nitrogen and oxygen atoms in total. The van der Waals surface area contributed by atoms with Crippen molar-refractivity contribution in [2.24, 2.45) is 5.10 Å². The molecule has 0 fully saturated rings. The number of hydrogen-bond donors (Lipinski definition) is 2. The third-order valence-electron chi connectivity index (χ3n) is 2.84. The number of ether oxygens (including phenoxy) is 1. The maximum Gasteiger partial charge on any atom is 0.272 e. The molecule has 0 atom stereocenters. The molecule has 0 aliphatic heterocycles. The number of hydrogen-bond acceptors (Lipinski definition) is 4. The lowest BCUT2D eigenvalue weighted by Crippen LogP contribution is -2.18. The Morgan fingerprint density at radius 3 is 2.83 bits per heavy atom. The van der Waals surface area contributed by atoms with Crippen molar-refractivity contribution < 1.29 is 14.6 Å².